The average Bonchev–Trinajstić information content (AvgIpc) is 2.96. The van der Waals surface area contributed by atoms with Gasteiger partial charge in [-0.3, -0.25) is 4.79 Å². The standard InChI is InChI=1S/C18H19NO3/c20-18(11-6-12-21-14-7-2-1-3-8-14)19-16-13-22-17-10-5-4-9-15(16)17/h1-5,7-10,16H,6,11-13H2,(H,19,20). The summed E-state index contributed by atoms with van der Waals surface area (Å²) in [6.45, 7) is 1.04. The number of amides is 1. The summed E-state index contributed by atoms with van der Waals surface area (Å²) in [5, 5.41) is 3.01. The lowest BCUT2D eigenvalue weighted by Gasteiger charge is -2.12. The number of nitrogens with one attached hydrogen (secondary N) is 1. The van der Waals surface area contributed by atoms with Gasteiger partial charge in [0.05, 0.1) is 12.6 Å². The van der Waals surface area contributed by atoms with Crippen molar-refractivity contribution in [1.82, 2.24) is 5.32 Å². The minimum atomic E-state index is -0.0428. The van der Waals surface area contributed by atoms with Crippen LogP contribution in [0.15, 0.2) is 54.6 Å². The van der Waals surface area contributed by atoms with Crippen LogP contribution in [-0.4, -0.2) is 19.1 Å². The number of carbonyl (C=O) groups excluding carboxylic acids is 1. The molecule has 0 bridgehead atoms. The van der Waals surface area contributed by atoms with Gasteiger partial charge in [0.2, 0.25) is 5.91 Å². The molecule has 0 spiro atoms. The Bertz CT molecular complexity index is 627. The van der Waals surface area contributed by atoms with Gasteiger partial charge in [-0.25, -0.2) is 0 Å². The quantitative estimate of drug-likeness (QED) is 0.833. The van der Waals surface area contributed by atoms with E-state index in [4.69, 9.17) is 9.47 Å². The van der Waals surface area contributed by atoms with E-state index in [1.54, 1.807) is 0 Å². The molecule has 1 amide bonds. The summed E-state index contributed by atoms with van der Waals surface area (Å²) in [5.41, 5.74) is 1.05. The van der Waals surface area contributed by atoms with E-state index in [1.165, 1.54) is 0 Å². The van der Waals surface area contributed by atoms with Crippen molar-refractivity contribution in [2.45, 2.75) is 18.9 Å². The Balaban J connectivity index is 1.40. The number of hydrogen-bond acceptors (Lipinski definition) is 3. The maximum Gasteiger partial charge on any atom is 0.220 e. The summed E-state index contributed by atoms with van der Waals surface area (Å²) in [6, 6.07) is 17.4. The van der Waals surface area contributed by atoms with E-state index in [0.29, 0.717) is 26.1 Å². The van der Waals surface area contributed by atoms with Crippen LogP contribution in [-0.2, 0) is 4.79 Å². The van der Waals surface area contributed by atoms with E-state index in [-0.39, 0.29) is 11.9 Å². The molecule has 0 saturated carbocycles. The zero-order valence-electron chi connectivity index (χ0n) is 12.3. The molecule has 0 fully saturated rings. The second-order valence-electron chi connectivity index (χ2n) is 5.23. The van der Waals surface area contributed by atoms with Crippen LogP contribution in [0.3, 0.4) is 0 Å². The molecule has 2 aromatic rings. The van der Waals surface area contributed by atoms with Gasteiger partial charge in [0.1, 0.15) is 18.1 Å². The van der Waals surface area contributed by atoms with Crippen LogP contribution in [0.25, 0.3) is 0 Å². The van der Waals surface area contributed by atoms with Gasteiger partial charge in [-0.05, 0) is 24.6 Å². The Morgan fingerprint density at radius 2 is 1.91 bits per heavy atom. The highest BCUT2D eigenvalue weighted by Gasteiger charge is 2.24. The van der Waals surface area contributed by atoms with Gasteiger partial charge in [-0.2, -0.15) is 0 Å². The van der Waals surface area contributed by atoms with Crippen molar-refractivity contribution in [1.29, 1.82) is 0 Å². The third kappa shape index (κ3) is 3.58. The van der Waals surface area contributed by atoms with Gasteiger partial charge in [-0.1, -0.05) is 36.4 Å². The number of hydrogen-bond donors (Lipinski definition) is 1. The van der Waals surface area contributed by atoms with Gasteiger partial charge in [0.15, 0.2) is 0 Å². The lowest BCUT2D eigenvalue weighted by Crippen LogP contribution is -2.29. The zero-order chi connectivity index (χ0) is 15.2. The van der Waals surface area contributed by atoms with Crippen molar-refractivity contribution in [2.24, 2.45) is 0 Å². The molecule has 22 heavy (non-hydrogen) atoms. The molecule has 0 saturated heterocycles. The van der Waals surface area contributed by atoms with Gasteiger partial charge >= 0.3 is 0 Å². The maximum atomic E-state index is 12.0. The predicted molar refractivity (Wildman–Crippen MR) is 84.0 cm³/mol. The lowest BCUT2D eigenvalue weighted by molar-refractivity contribution is -0.122. The molecule has 1 heterocycles. The second-order valence-corrected chi connectivity index (χ2v) is 5.23. The van der Waals surface area contributed by atoms with Crippen LogP contribution in [0.1, 0.15) is 24.4 Å². The maximum absolute atomic E-state index is 12.0. The van der Waals surface area contributed by atoms with Crippen molar-refractivity contribution in [2.75, 3.05) is 13.2 Å². The largest absolute Gasteiger partial charge is 0.494 e. The van der Waals surface area contributed by atoms with Crippen LogP contribution in [0.4, 0.5) is 0 Å². The van der Waals surface area contributed by atoms with Crippen LogP contribution in [0.5, 0.6) is 11.5 Å². The molecule has 4 heteroatoms. The summed E-state index contributed by atoms with van der Waals surface area (Å²) < 4.78 is 11.1. The Hall–Kier alpha value is -2.49. The summed E-state index contributed by atoms with van der Waals surface area (Å²) in [4.78, 5) is 12.0. The van der Waals surface area contributed by atoms with E-state index in [1.807, 2.05) is 54.6 Å². The first-order chi connectivity index (χ1) is 10.8. The second kappa shape index (κ2) is 6.98. The molecule has 2 aromatic carbocycles. The number of benzene rings is 2. The molecule has 1 atom stereocenters. The smallest absolute Gasteiger partial charge is 0.220 e. The number of fused-ring (bicyclic) bond motifs is 1. The fraction of sp³-hybridized carbons (Fsp3) is 0.278. The van der Waals surface area contributed by atoms with Gasteiger partial charge in [0.25, 0.3) is 0 Å². The molecule has 1 aliphatic heterocycles. The molecular weight excluding hydrogens is 278 g/mol. The van der Waals surface area contributed by atoms with Crippen LogP contribution < -0.4 is 14.8 Å². The highest BCUT2D eigenvalue weighted by Crippen LogP contribution is 2.31. The number of carbonyl (C=O) groups is 1. The monoisotopic (exact) mass is 297 g/mol. The van der Waals surface area contributed by atoms with E-state index in [0.717, 1.165) is 17.1 Å². The molecule has 1 aliphatic rings. The number of rotatable bonds is 6. The minimum Gasteiger partial charge on any atom is -0.494 e. The molecule has 1 unspecified atom stereocenters. The van der Waals surface area contributed by atoms with E-state index in [2.05, 4.69) is 5.32 Å². The van der Waals surface area contributed by atoms with E-state index in [9.17, 15) is 4.79 Å². The molecule has 4 nitrogen and oxygen atoms in total. The van der Waals surface area contributed by atoms with Crippen molar-refractivity contribution < 1.29 is 14.3 Å². The van der Waals surface area contributed by atoms with Crippen LogP contribution in [0.2, 0.25) is 0 Å². The number of ether oxygens (including phenoxy) is 2. The molecule has 114 valence electrons. The summed E-state index contributed by atoms with van der Waals surface area (Å²) in [7, 11) is 0. The Morgan fingerprint density at radius 3 is 2.77 bits per heavy atom. The fourth-order valence-electron chi connectivity index (χ4n) is 2.49. The molecule has 0 aliphatic carbocycles. The van der Waals surface area contributed by atoms with Gasteiger partial charge in [-0.15, -0.1) is 0 Å². The molecule has 3 rings (SSSR count). The molecule has 1 N–H and O–H groups in total. The van der Waals surface area contributed by atoms with Crippen molar-refractivity contribution in [3.8, 4) is 11.5 Å². The van der Waals surface area contributed by atoms with E-state index >= 15 is 0 Å². The Kier molecular flexibility index (Phi) is 4.59. The number of para-hydroxylation sites is 2. The fourth-order valence-corrected chi connectivity index (χ4v) is 2.49. The summed E-state index contributed by atoms with van der Waals surface area (Å²) in [5.74, 6) is 1.73. The molecular formula is C18H19NO3. The van der Waals surface area contributed by atoms with Gasteiger partial charge < -0.3 is 14.8 Å². The van der Waals surface area contributed by atoms with Crippen molar-refractivity contribution in [3.63, 3.8) is 0 Å². The first kappa shape index (κ1) is 14.4. The first-order valence-electron chi connectivity index (χ1n) is 7.52. The summed E-state index contributed by atoms with van der Waals surface area (Å²) >= 11 is 0. The Labute approximate surface area is 130 Å². The molecule has 0 aromatic heterocycles. The third-order valence-corrected chi connectivity index (χ3v) is 3.60. The normalized spacial score (nSPS) is 15.7. The van der Waals surface area contributed by atoms with Gasteiger partial charge in [0, 0.05) is 12.0 Å². The van der Waals surface area contributed by atoms with Crippen LogP contribution in [0, 0.1) is 0 Å². The predicted octanol–water partition coefficient (Wildman–Crippen LogP) is 3.10. The Morgan fingerprint density at radius 1 is 1.14 bits per heavy atom. The summed E-state index contributed by atoms with van der Waals surface area (Å²) in [6.07, 6.45) is 1.14. The lowest BCUT2D eigenvalue weighted by atomic mass is 10.1. The third-order valence-electron chi connectivity index (χ3n) is 3.60. The highest BCUT2D eigenvalue weighted by atomic mass is 16.5. The highest BCUT2D eigenvalue weighted by molar-refractivity contribution is 5.76. The zero-order valence-corrected chi connectivity index (χ0v) is 12.3. The first-order valence-corrected chi connectivity index (χ1v) is 7.52. The van der Waals surface area contributed by atoms with E-state index < -0.39 is 0 Å². The topological polar surface area (TPSA) is 47.6 Å². The minimum absolute atomic E-state index is 0.0296. The molecule has 0 radical (unpaired) electrons. The van der Waals surface area contributed by atoms with Crippen molar-refractivity contribution in [3.05, 3.63) is 60.2 Å². The SMILES string of the molecule is O=C(CCCOc1ccccc1)NC1COc2ccccc21. The van der Waals surface area contributed by atoms with Crippen LogP contribution >= 0.6 is 0 Å². The van der Waals surface area contributed by atoms with Crippen molar-refractivity contribution >= 4 is 5.91 Å². The average molecular weight is 297 g/mol.